The van der Waals surface area contributed by atoms with E-state index in [4.69, 9.17) is 16.1 Å². The zero-order valence-electron chi connectivity index (χ0n) is 11.1. The number of rotatable bonds is 3. The third-order valence-electron chi connectivity index (χ3n) is 3.62. The number of benzene rings is 1. The summed E-state index contributed by atoms with van der Waals surface area (Å²) in [4.78, 5) is 15.7. The Labute approximate surface area is 126 Å². The highest BCUT2D eigenvalue weighted by Gasteiger charge is 2.34. The maximum atomic E-state index is 11.3. The van der Waals surface area contributed by atoms with Crippen molar-refractivity contribution in [1.29, 1.82) is 0 Å². The van der Waals surface area contributed by atoms with Crippen LogP contribution in [-0.2, 0) is 4.79 Å². The predicted molar refractivity (Wildman–Crippen MR) is 77.0 cm³/mol. The van der Waals surface area contributed by atoms with Crippen molar-refractivity contribution in [2.45, 2.75) is 18.8 Å². The molecule has 1 aliphatic rings. The molecule has 2 atom stereocenters. The second-order valence-electron chi connectivity index (χ2n) is 4.93. The second kappa shape index (κ2) is 5.69. The van der Waals surface area contributed by atoms with Crippen molar-refractivity contribution in [1.82, 2.24) is 10.1 Å². The zero-order chi connectivity index (χ0) is 14.8. The molecule has 0 radical (unpaired) electrons. The standard InChI is InChI=1S/C15H13ClN2O3/c16-12-8-4-3-7-11(12)13-17-14(21-18-13)9-5-1-2-6-10(9)15(19)20/h1-4,7-10H,5-6H2,(H,19,20). The van der Waals surface area contributed by atoms with Crippen molar-refractivity contribution in [2.75, 3.05) is 0 Å². The largest absolute Gasteiger partial charge is 0.481 e. The summed E-state index contributed by atoms with van der Waals surface area (Å²) in [7, 11) is 0. The van der Waals surface area contributed by atoms with Crippen LogP contribution in [0.4, 0.5) is 0 Å². The van der Waals surface area contributed by atoms with E-state index in [2.05, 4.69) is 10.1 Å². The van der Waals surface area contributed by atoms with Crippen LogP contribution in [0.5, 0.6) is 0 Å². The number of aliphatic carboxylic acids is 1. The van der Waals surface area contributed by atoms with Gasteiger partial charge in [0.2, 0.25) is 11.7 Å². The smallest absolute Gasteiger partial charge is 0.307 e. The van der Waals surface area contributed by atoms with Crippen LogP contribution in [0.2, 0.25) is 5.02 Å². The van der Waals surface area contributed by atoms with E-state index < -0.39 is 11.9 Å². The SMILES string of the molecule is O=C(O)C1CC=CCC1c1nc(-c2ccccc2Cl)no1. The van der Waals surface area contributed by atoms with Gasteiger partial charge in [-0.2, -0.15) is 4.98 Å². The molecule has 1 aromatic heterocycles. The molecule has 6 heteroatoms. The molecule has 0 saturated carbocycles. The minimum Gasteiger partial charge on any atom is -0.481 e. The van der Waals surface area contributed by atoms with E-state index in [9.17, 15) is 9.90 Å². The number of aromatic nitrogens is 2. The molecule has 0 amide bonds. The molecule has 0 aliphatic heterocycles. The topological polar surface area (TPSA) is 76.2 Å². The number of nitrogens with zero attached hydrogens (tertiary/aromatic N) is 2. The molecule has 2 unspecified atom stereocenters. The Morgan fingerprint density at radius 2 is 2.05 bits per heavy atom. The number of allylic oxidation sites excluding steroid dienone is 2. The van der Waals surface area contributed by atoms with Crippen molar-refractivity contribution in [3.8, 4) is 11.4 Å². The van der Waals surface area contributed by atoms with Crippen LogP contribution in [-0.4, -0.2) is 21.2 Å². The molecule has 0 spiro atoms. The van der Waals surface area contributed by atoms with E-state index in [1.54, 1.807) is 12.1 Å². The highest BCUT2D eigenvalue weighted by Crippen LogP contribution is 2.35. The fourth-order valence-electron chi connectivity index (χ4n) is 2.50. The van der Waals surface area contributed by atoms with Gasteiger partial charge in [-0.3, -0.25) is 4.79 Å². The Bertz CT molecular complexity index is 696. The maximum absolute atomic E-state index is 11.3. The monoisotopic (exact) mass is 304 g/mol. The highest BCUT2D eigenvalue weighted by molar-refractivity contribution is 6.33. The third kappa shape index (κ3) is 2.69. The van der Waals surface area contributed by atoms with Crippen molar-refractivity contribution in [2.24, 2.45) is 5.92 Å². The van der Waals surface area contributed by atoms with E-state index in [0.29, 0.717) is 35.1 Å². The quantitative estimate of drug-likeness (QED) is 0.878. The average Bonchev–Trinajstić information content (AvgIpc) is 2.97. The molecule has 3 rings (SSSR count). The zero-order valence-corrected chi connectivity index (χ0v) is 11.8. The number of carboxylic acids is 1. The average molecular weight is 305 g/mol. The molecule has 0 fully saturated rings. The molecule has 108 valence electrons. The Hall–Kier alpha value is -2.14. The summed E-state index contributed by atoms with van der Waals surface area (Å²) in [5.74, 6) is -0.941. The van der Waals surface area contributed by atoms with Gasteiger partial charge in [-0.15, -0.1) is 0 Å². The molecule has 5 nitrogen and oxygen atoms in total. The van der Waals surface area contributed by atoms with Crippen LogP contribution in [0.15, 0.2) is 40.9 Å². The lowest BCUT2D eigenvalue weighted by Crippen LogP contribution is -2.23. The number of halogens is 1. The molecule has 21 heavy (non-hydrogen) atoms. The van der Waals surface area contributed by atoms with E-state index >= 15 is 0 Å². The van der Waals surface area contributed by atoms with Crippen LogP contribution >= 0.6 is 11.6 Å². The molecule has 1 N–H and O–H groups in total. The fourth-order valence-corrected chi connectivity index (χ4v) is 2.72. The van der Waals surface area contributed by atoms with Gasteiger partial charge in [0.15, 0.2) is 0 Å². The summed E-state index contributed by atoms with van der Waals surface area (Å²) in [5, 5.41) is 13.8. The van der Waals surface area contributed by atoms with Gasteiger partial charge in [0, 0.05) is 5.56 Å². The molecular formula is C15H13ClN2O3. The lowest BCUT2D eigenvalue weighted by molar-refractivity contribution is -0.142. The van der Waals surface area contributed by atoms with Gasteiger partial charge in [0.05, 0.1) is 16.9 Å². The van der Waals surface area contributed by atoms with Gasteiger partial charge >= 0.3 is 5.97 Å². The molecule has 0 bridgehead atoms. The molecule has 1 heterocycles. The van der Waals surface area contributed by atoms with Crippen LogP contribution in [0.1, 0.15) is 24.7 Å². The van der Waals surface area contributed by atoms with Gasteiger partial charge in [-0.1, -0.05) is 41.0 Å². The van der Waals surface area contributed by atoms with E-state index in [0.717, 1.165) is 0 Å². The number of hydrogen-bond donors (Lipinski definition) is 1. The van der Waals surface area contributed by atoms with Gasteiger partial charge < -0.3 is 9.63 Å². The van der Waals surface area contributed by atoms with Crippen LogP contribution in [0.3, 0.4) is 0 Å². The van der Waals surface area contributed by atoms with Gasteiger partial charge in [0.1, 0.15) is 0 Å². The van der Waals surface area contributed by atoms with Crippen molar-refractivity contribution in [3.63, 3.8) is 0 Å². The summed E-state index contributed by atoms with van der Waals surface area (Å²) < 4.78 is 5.28. The van der Waals surface area contributed by atoms with Crippen LogP contribution < -0.4 is 0 Å². The molecule has 2 aromatic rings. The van der Waals surface area contributed by atoms with Crippen molar-refractivity contribution < 1.29 is 14.4 Å². The van der Waals surface area contributed by atoms with Gasteiger partial charge in [-0.25, -0.2) is 0 Å². The highest BCUT2D eigenvalue weighted by atomic mass is 35.5. The van der Waals surface area contributed by atoms with E-state index in [1.807, 2.05) is 24.3 Å². The van der Waals surface area contributed by atoms with E-state index in [-0.39, 0.29) is 5.92 Å². The molecular weight excluding hydrogens is 292 g/mol. The Balaban J connectivity index is 1.93. The first-order valence-corrected chi connectivity index (χ1v) is 7.01. The third-order valence-corrected chi connectivity index (χ3v) is 3.95. The van der Waals surface area contributed by atoms with Gasteiger partial charge in [-0.05, 0) is 25.0 Å². The predicted octanol–water partition coefficient (Wildman–Crippen LogP) is 3.52. The van der Waals surface area contributed by atoms with Crippen molar-refractivity contribution in [3.05, 3.63) is 47.3 Å². The summed E-state index contributed by atoms with van der Waals surface area (Å²) in [5.41, 5.74) is 0.674. The summed E-state index contributed by atoms with van der Waals surface area (Å²) >= 11 is 6.11. The Morgan fingerprint density at radius 1 is 1.29 bits per heavy atom. The summed E-state index contributed by atoms with van der Waals surface area (Å²) in [6.45, 7) is 0. The normalized spacial score (nSPS) is 21.4. The summed E-state index contributed by atoms with van der Waals surface area (Å²) in [6.07, 6.45) is 4.88. The maximum Gasteiger partial charge on any atom is 0.307 e. The number of hydrogen-bond acceptors (Lipinski definition) is 4. The van der Waals surface area contributed by atoms with Crippen LogP contribution in [0.25, 0.3) is 11.4 Å². The number of carboxylic acid groups (broad SMARTS) is 1. The minimum atomic E-state index is -0.846. The van der Waals surface area contributed by atoms with Gasteiger partial charge in [0.25, 0.3) is 0 Å². The second-order valence-corrected chi connectivity index (χ2v) is 5.34. The molecule has 0 saturated heterocycles. The van der Waals surface area contributed by atoms with E-state index in [1.165, 1.54) is 0 Å². The fraction of sp³-hybridized carbons (Fsp3) is 0.267. The first-order chi connectivity index (χ1) is 10.2. The van der Waals surface area contributed by atoms with Crippen LogP contribution in [0, 0.1) is 5.92 Å². The summed E-state index contributed by atoms with van der Waals surface area (Å²) in [6, 6.07) is 7.20. The lowest BCUT2D eigenvalue weighted by Gasteiger charge is -2.21. The molecule has 1 aromatic carbocycles. The Morgan fingerprint density at radius 3 is 2.81 bits per heavy atom. The van der Waals surface area contributed by atoms with Crippen molar-refractivity contribution >= 4 is 17.6 Å². The number of carbonyl (C=O) groups is 1. The lowest BCUT2D eigenvalue weighted by atomic mass is 9.83. The first kappa shape index (κ1) is 13.8. The minimum absolute atomic E-state index is 0.295. The Kier molecular flexibility index (Phi) is 3.75. The first-order valence-electron chi connectivity index (χ1n) is 6.63. The molecule has 1 aliphatic carbocycles.